The molecule has 6 heteroatoms. The Morgan fingerprint density at radius 3 is 2.93 bits per heavy atom. The molecule has 0 saturated heterocycles. The summed E-state index contributed by atoms with van der Waals surface area (Å²) in [6.07, 6.45) is 3.53. The summed E-state index contributed by atoms with van der Waals surface area (Å²) in [5, 5.41) is 20.6. The number of rotatable bonds is 3. The molecule has 0 fully saturated rings. The molecule has 1 N–H and O–H groups in total. The molecule has 74 valence electrons. The van der Waals surface area contributed by atoms with Crippen LogP contribution in [0.15, 0.2) is 18.5 Å². The van der Waals surface area contributed by atoms with Crippen LogP contribution in [0.5, 0.6) is 0 Å². The van der Waals surface area contributed by atoms with Crippen molar-refractivity contribution >= 4 is 0 Å². The fourth-order valence-corrected chi connectivity index (χ4v) is 1.13. The number of hydrogen-bond acceptors (Lipinski definition) is 4. The van der Waals surface area contributed by atoms with Crippen molar-refractivity contribution in [3.63, 3.8) is 0 Å². The van der Waals surface area contributed by atoms with Gasteiger partial charge in [0, 0.05) is 18.8 Å². The van der Waals surface area contributed by atoms with Gasteiger partial charge in [0.2, 0.25) is 0 Å². The van der Waals surface area contributed by atoms with Crippen LogP contribution in [0.3, 0.4) is 0 Å². The summed E-state index contributed by atoms with van der Waals surface area (Å²) in [5.74, 6) is 0.707. The predicted molar refractivity (Wildman–Crippen MR) is 48.7 cm³/mol. The van der Waals surface area contributed by atoms with E-state index in [0.29, 0.717) is 11.5 Å². The lowest BCUT2D eigenvalue weighted by atomic mass is 10.5. The van der Waals surface area contributed by atoms with Crippen molar-refractivity contribution in [3.8, 4) is 5.82 Å². The third-order valence-electron chi connectivity index (χ3n) is 1.89. The molecular weight excluding hydrogens is 182 g/mol. The number of aliphatic hydroxyl groups excluding tert-OH is 1. The van der Waals surface area contributed by atoms with Crippen LogP contribution in [0, 0.1) is 0 Å². The van der Waals surface area contributed by atoms with E-state index < -0.39 is 0 Å². The van der Waals surface area contributed by atoms with Gasteiger partial charge in [-0.2, -0.15) is 5.10 Å². The van der Waals surface area contributed by atoms with Gasteiger partial charge in [-0.05, 0) is 6.92 Å². The van der Waals surface area contributed by atoms with E-state index in [4.69, 9.17) is 5.11 Å². The Balaban J connectivity index is 2.29. The zero-order valence-corrected chi connectivity index (χ0v) is 7.83. The molecule has 14 heavy (non-hydrogen) atoms. The lowest BCUT2D eigenvalue weighted by Gasteiger charge is -1.93. The molecule has 2 rings (SSSR count). The van der Waals surface area contributed by atoms with Crippen LogP contribution >= 0.6 is 0 Å². The third-order valence-corrected chi connectivity index (χ3v) is 1.89. The molecule has 2 aromatic heterocycles. The Kier molecular flexibility index (Phi) is 2.28. The molecule has 0 bridgehead atoms. The molecule has 2 aromatic rings. The van der Waals surface area contributed by atoms with Crippen molar-refractivity contribution < 1.29 is 5.11 Å². The topological polar surface area (TPSA) is 68.8 Å². The van der Waals surface area contributed by atoms with Crippen molar-refractivity contribution in [2.75, 3.05) is 0 Å². The number of aliphatic hydroxyl groups is 1. The van der Waals surface area contributed by atoms with Gasteiger partial charge in [0.1, 0.15) is 5.69 Å². The van der Waals surface area contributed by atoms with Crippen LogP contribution in [-0.2, 0) is 13.2 Å². The molecule has 0 spiro atoms. The highest BCUT2D eigenvalue weighted by molar-refractivity contribution is 5.18. The Morgan fingerprint density at radius 1 is 1.50 bits per heavy atom. The first-order chi connectivity index (χ1) is 6.83. The molecular formula is C8H11N5O. The second-order valence-electron chi connectivity index (χ2n) is 2.84. The average Bonchev–Trinajstić information content (AvgIpc) is 2.86. The standard InChI is InChI=1S/C8H11N5O/c1-2-12-4-3-8(10-12)13-5-7(6-14)9-11-13/h3-5,14H,2,6H2,1H3. The van der Waals surface area contributed by atoms with E-state index in [1.165, 1.54) is 4.68 Å². The molecule has 6 nitrogen and oxygen atoms in total. The zero-order chi connectivity index (χ0) is 9.97. The van der Waals surface area contributed by atoms with E-state index >= 15 is 0 Å². The molecule has 0 amide bonds. The highest BCUT2D eigenvalue weighted by atomic mass is 16.3. The van der Waals surface area contributed by atoms with E-state index in [-0.39, 0.29) is 6.61 Å². The van der Waals surface area contributed by atoms with E-state index in [2.05, 4.69) is 15.4 Å². The summed E-state index contributed by atoms with van der Waals surface area (Å²) < 4.78 is 3.34. The van der Waals surface area contributed by atoms with E-state index in [1.54, 1.807) is 10.9 Å². The average molecular weight is 193 g/mol. The molecule has 0 aliphatic heterocycles. The maximum Gasteiger partial charge on any atom is 0.176 e. The summed E-state index contributed by atoms with van der Waals surface area (Å²) in [6.45, 7) is 2.73. The van der Waals surface area contributed by atoms with Crippen molar-refractivity contribution in [2.45, 2.75) is 20.1 Å². The number of aryl methyl sites for hydroxylation is 1. The first-order valence-electron chi connectivity index (χ1n) is 4.39. The summed E-state index contributed by atoms with van der Waals surface area (Å²) >= 11 is 0. The van der Waals surface area contributed by atoms with Gasteiger partial charge in [0.15, 0.2) is 5.82 Å². The van der Waals surface area contributed by atoms with E-state index in [9.17, 15) is 0 Å². The van der Waals surface area contributed by atoms with Gasteiger partial charge < -0.3 is 5.11 Å². The minimum Gasteiger partial charge on any atom is -0.390 e. The van der Waals surface area contributed by atoms with Crippen molar-refractivity contribution in [1.82, 2.24) is 24.8 Å². The Labute approximate surface area is 80.8 Å². The Bertz CT molecular complexity index is 379. The molecule has 0 saturated carbocycles. The van der Waals surface area contributed by atoms with Gasteiger partial charge in [-0.1, -0.05) is 5.21 Å². The van der Waals surface area contributed by atoms with Gasteiger partial charge in [-0.3, -0.25) is 4.68 Å². The van der Waals surface area contributed by atoms with Crippen molar-refractivity contribution in [2.24, 2.45) is 0 Å². The number of hydrogen-bond donors (Lipinski definition) is 1. The predicted octanol–water partition coefficient (Wildman–Crippen LogP) is -0.0240. The summed E-state index contributed by atoms with van der Waals surface area (Å²) in [4.78, 5) is 0. The molecule has 0 unspecified atom stereocenters. The molecule has 2 heterocycles. The van der Waals surface area contributed by atoms with Gasteiger partial charge >= 0.3 is 0 Å². The second-order valence-corrected chi connectivity index (χ2v) is 2.84. The second kappa shape index (κ2) is 3.59. The quantitative estimate of drug-likeness (QED) is 0.743. The number of aromatic nitrogens is 5. The van der Waals surface area contributed by atoms with Crippen molar-refractivity contribution in [1.29, 1.82) is 0 Å². The molecule has 0 radical (unpaired) electrons. The van der Waals surface area contributed by atoms with Gasteiger partial charge in [0.25, 0.3) is 0 Å². The fraction of sp³-hybridized carbons (Fsp3) is 0.375. The highest BCUT2D eigenvalue weighted by Gasteiger charge is 2.03. The van der Waals surface area contributed by atoms with E-state index in [0.717, 1.165) is 6.54 Å². The van der Waals surface area contributed by atoms with Crippen LogP contribution in [0.4, 0.5) is 0 Å². The van der Waals surface area contributed by atoms with Crippen LogP contribution in [0.1, 0.15) is 12.6 Å². The largest absolute Gasteiger partial charge is 0.390 e. The monoisotopic (exact) mass is 193 g/mol. The zero-order valence-electron chi connectivity index (χ0n) is 7.83. The van der Waals surface area contributed by atoms with Crippen LogP contribution < -0.4 is 0 Å². The Hall–Kier alpha value is -1.69. The molecule has 0 aliphatic carbocycles. The lowest BCUT2D eigenvalue weighted by molar-refractivity contribution is 0.276. The summed E-state index contributed by atoms with van der Waals surface area (Å²) in [5.41, 5.74) is 0.538. The highest BCUT2D eigenvalue weighted by Crippen LogP contribution is 2.03. The third kappa shape index (κ3) is 1.51. The SMILES string of the molecule is CCn1ccc(-n2cc(CO)nn2)n1. The van der Waals surface area contributed by atoms with Crippen molar-refractivity contribution in [3.05, 3.63) is 24.2 Å². The first kappa shape index (κ1) is 8.89. The molecule has 0 aromatic carbocycles. The Morgan fingerprint density at radius 2 is 2.36 bits per heavy atom. The maximum atomic E-state index is 8.81. The fourth-order valence-electron chi connectivity index (χ4n) is 1.13. The number of nitrogens with zero attached hydrogens (tertiary/aromatic N) is 5. The van der Waals surface area contributed by atoms with E-state index in [1.807, 2.05) is 19.2 Å². The maximum absolute atomic E-state index is 8.81. The first-order valence-corrected chi connectivity index (χ1v) is 4.39. The van der Waals surface area contributed by atoms with Gasteiger partial charge in [0.05, 0.1) is 12.8 Å². The molecule has 0 aliphatic rings. The van der Waals surface area contributed by atoms with Gasteiger partial charge in [-0.25, -0.2) is 4.68 Å². The van der Waals surface area contributed by atoms with Crippen LogP contribution in [0.25, 0.3) is 5.82 Å². The summed E-state index contributed by atoms with van der Waals surface area (Å²) in [6, 6.07) is 1.85. The minimum absolute atomic E-state index is 0.103. The van der Waals surface area contributed by atoms with Gasteiger partial charge in [-0.15, -0.1) is 5.10 Å². The molecule has 0 atom stereocenters. The van der Waals surface area contributed by atoms with Crippen LogP contribution in [-0.4, -0.2) is 29.9 Å². The lowest BCUT2D eigenvalue weighted by Crippen LogP contribution is -1.99. The summed E-state index contributed by atoms with van der Waals surface area (Å²) in [7, 11) is 0. The smallest absolute Gasteiger partial charge is 0.176 e. The minimum atomic E-state index is -0.103. The normalized spacial score (nSPS) is 10.7. The van der Waals surface area contributed by atoms with Crippen LogP contribution in [0.2, 0.25) is 0 Å².